The first-order valence-electron chi connectivity index (χ1n) is 8.99. The summed E-state index contributed by atoms with van der Waals surface area (Å²) in [5.74, 6) is -0.0185. The summed E-state index contributed by atoms with van der Waals surface area (Å²) in [6.45, 7) is 3.29. The Balaban J connectivity index is 1.48. The first kappa shape index (κ1) is 17.9. The van der Waals surface area contributed by atoms with Crippen molar-refractivity contribution in [2.45, 2.75) is 25.7 Å². The molecule has 1 aromatic carbocycles. The van der Waals surface area contributed by atoms with Crippen LogP contribution in [-0.2, 0) is 20.7 Å². The number of ether oxygens (including phenoxy) is 1. The maximum absolute atomic E-state index is 13.0. The van der Waals surface area contributed by atoms with Crippen LogP contribution in [0.5, 0.6) is 0 Å². The number of carbonyl (C=O) groups is 2. The first-order chi connectivity index (χ1) is 12.1. The molecule has 0 aliphatic carbocycles. The van der Waals surface area contributed by atoms with Crippen LogP contribution in [-0.4, -0.2) is 49.6 Å². The molecule has 5 nitrogen and oxygen atoms in total. The Morgan fingerprint density at radius 1 is 1.24 bits per heavy atom. The van der Waals surface area contributed by atoms with Gasteiger partial charge in [-0.05, 0) is 37.0 Å². The third-order valence-corrected chi connectivity index (χ3v) is 5.00. The van der Waals surface area contributed by atoms with Gasteiger partial charge in [0, 0.05) is 32.2 Å². The van der Waals surface area contributed by atoms with Gasteiger partial charge in [-0.25, -0.2) is 4.39 Å². The van der Waals surface area contributed by atoms with Crippen LogP contribution in [0.1, 0.15) is 24.8 Å². The second-order valence-electron chi connectivity index (χ2n) is 6.96. The number of nitrogens with zero attached hydrogens (tertiary/aromatic N) is 1. The molecule has 25 heavy (non-hydrogen) atoms. The molecule has 1 aromatic rings. The highest BCUT2D eigenvalue weighted by molar-refractivity contribution is 5.82. The molecule has 0 aromatic heterocycles. The van der Waals surface area contributed by atoms with Crippen LogP contribution < -0.4 is 5.32 Å². The average molecular weight is 348 g/mol. The molecule has 2 aliphatic rings. The molecule has 0 unspecified atom stereocenters. The molecule has 0 radical (unpaired) electrons. The minimum atomic E-state index is -0.307. The number of piperidine rings is 1. The minimum Gasteiger partial charge on any atom is -0.381 e. The van der Waals surface area contributed by atoms with Crippen molar-refractivity contribution in [3.8, 4) is 0 Å². The largest absolute Gasteiger partial charge is 0.381 e. The van der Waals surface area contributed by atoms with Gasteiger partial charge in [0.25, 0.3) is 0 Å². The molecule has 2 atom stereocenters. The van der Waals surface area contributed by atoms with Crippen molar-refractivity contribution < 1.29 is 18.7 Å². The molecule has 0 bridgehead atoms. The molecule has 2 amide bonds. The maximum atomic E-state index is 13.0. The van der Waals surface area contributed by atoms with Gasteiger partial charge in [-0.2, -0.15) is 0 Å². The van der Waals surface area contributed by atoms with Gasteiger partial charge in [-0.3, -0.25) is 9.59 Å². The number of carbonyl (C=O) groups excluding carboxylic acids is 2. The number of amides is 2. The fraction of sp³-hybridized carbons (Fsp3) is 0.579. The number of hydrogen-bond acceptors (Lipinski definition) is 3. The van der Waals surface area contributed by atoms with E-state index in [9.17, 15) is 14.0 Å². The quantitative estimate of drug-likeness (QED) is 0.882. The van der Waals surface area contributed by atoms with Gasteiger partial charge in [-0.15, -0.1) is 0 Å². The summed E-state index contributed by atoms with van der Waals surface area (Å²) in [6, 6.07) is 5.99. The van der Waals surface area contributed by atoms with Crippen molar-refractivity contribution in [1.29, 1.82) is 0 Å². The van der Waals surface area contributed by atoms with E-state index in [1.165, 1.54) is 12.1 Å². The van der Waals surface area contributed by atoms with E-state index in [2.05, 4.69) is 5.32 Å². The highest BCUT2D eigenvalue weighted by atomic mass is 19.1. The lowest BCUT2D eigenvalue weighted by Crippen LogP contribution is -2.46. The van der Waals surface area contributed by atoms with Gasteiger partial charge >= 0.3 is 0 Å². The standard InChI is InChI=1S/C19H25FN2O3/c20-17-5-3-14(4-6-17)10-18(23)22-8-1-2-16(12-22)19(24)21-11-15-7-9-25-13-15/h3-6,15-16H,1-2,7-13H2,(H,21,24)/t15-,16+/m1/s1. The summed E-state index contributed by atoms with van der Waals surface area (Å²) in [6.07, 6.45) is 2.88. The van der Waals surface area contributed by atoms with Gasteiger partial charge in [0.15, 0.2) is 0 Å². The van der Waals surface area contributed by atoms with E-state index in [1.807, 2.05) is 0 Å². The van der Waals surface area contributed by atoms with E-state index in [0.717, 1.165) is 31.4 Å². The molecule has 1 N–H and O–H groups in total. The second-order valence-corrected chi connectivity index (χ2v) is 6.96. The molecular weight excluding hydrogens is 323 g/mol. The fourth-order valence-electron chi connectivity index (χ4n) is 3.44. The normalized spacial score (nSPS) is 23.5. The predicted octanol–water partition coefficient (Wildman–Crippen LogP) is 1.76. The summed E-state index contributed by atoms with van der Waals surface area (Å²) < 4.78 is 18.3. The van der Waals surface area contributed by atoms with E-state index >= 15 is 0 Å². The Morgan fingerprint density at radius 3 is 2.76 bits per heavy atom. The Hall–Kier alpha value is -1.95. The summed E-state index contributed by atoms with van der Waals surface area (Å²) in [5, 5.41) is 3.01. The lowest BCUT2D eigenvalue weighted by molar-refractivity contribution is -0.135. The van der Waals surface area contributed by atoms with Gasteiger partial charge in [0.05, 0.1) is 18.9 Å². The molecule has 136 valence electrons. The van der Waals surface area contributed by atoms with E-state index in [-0.39, 0.29) is 30.0 Å². The monoisotopic (exact) mass is 348 g/mol. The Morgan fingerprint density at radius 2 is 2.04 bits per heavy atom. The van der Waals surface area contributed by atoms with Crippen LogP contribution in [0.4, 0.5) is 4.39 Å². The number of hydrogen-bond donors (Lipinski definition) is 1. The molecule has 0 spiro atoms. The Bertz CT molecular complexity index is 599. The lowest BCUT2D eigenvalue weighted by atomic mass is 9.96. The van der Waals surface area contributed by atoms with Crippen LogP contribution in [0.3, 0.4) is 0 Å². The van der Waals surface area contributed by atoms with Crippen LogP contribution in [0.2, 0.25) is 0 Å². The third kappa shape index (κ3) is 5.01. The molecule has 6 heteroatoms. The van der Waals surface area contributed by atoms with Crippen LogP contribution in [0, 0.1) is 17.7 Å². The van der Waals surface area contributed by atoms with Crippen LogP contribution in [0.25, 0.3) is 0 Å². The van der Waals surface area contributed by atoms with Crippen molar-refractivity contribution in [2.24, 2.45) is 11.8 Å². The van der Waals surface area contributed by atoms with Crippen LogP contribution in [0.15, 0.2) is 24.3 Å². The average Bonchev–Trinajstić information content (AvgIpc) is 3.15. The Labute approximate surface area is 147 Å². The SMILES string of the molecule is O=C(NC[C@H]1CCOC1)[C@H]1CCCN(C(=O)Cc2ccc(F)cc2)C1. The third-order valence-electron chi connectivity index (χ3n) is 5.00. The molecular formula is C19H25FN2O3. The number of halogens is 1. The van der Waals surface area contributed by atoms with Crippen molar-refractivity contribution >= 4 is 11.8 Å². The molecule has 2 fully saturated rings. The zero-order valence-electron chi connectivity index (χ0n) is 14.4. The van der Waals surface area contributed by atoms with E-state index in [0.29, 0.717) is 32.2 Å². The van der Waals surface area contributed by atoms with Gasteiger partial charge in [-0.1, -0.05) is 12.1 Å². The van der Waals surface area contributed by atoms with Crippen LogP contribution >= 0.6 is 0 Å². The summed E-state index contributed by atoms with van der Waals surface area (Å²) in [5.41, 5.74) is 0.791. The van der Waals surface area contributed by atoms with Gasteiger partial charge in [0.2, 0.25) is 11.8 Å². The zero-order chi connectivity index (χ0) is 17.6. The van der Waals surface area contributed by atoms with Crippen molar-refractivity contribution in [3.63, 3.8) is 0 Å². The van der Waals surface area contributed by atoms with Crippen molar-refractivity contribution in [3.05, 3.63) is 35.6 Å². The number of likely N-dealkylation sites (tertiary alicyclic amines) is 1. The summed E-state index contributed by atoms with van der Waals surface area (Å²) >= 11 is 0. The molecule has 3 rings (SSSR count). The van der Waals surface area contributed by atoms with E-state index in [4.69, 9.17) is 4.74 Å². The smallest absolute Gasteiger partial charge is 0.227 e. The topological polar surface area (TPSA) is 58.6 Å². The fourth-order valence-corrected chi connectivity index (χ4v) is 3.44. The Kier molecular flexibility index (Phi) is 6.02. The second kappa shape index (κ2) is 8.43. The lowest BCUT2D eigenvalue weighted by Gasteiger charge is -2.32. The summed E-state index contributed by atoms with van der Waals surface area (Å²) in [4.78, 5) is 26.6. The number of benzene rings is 1. The number of rotatable bonds is 5. The minimum absolute atomic E-state index is 0.00620. The highest BCUT2D eigenvalue weighted by Gasteiger charge is 2.29. The molecule has 2 saturated heterocycles. The molecule has 0 saturated carbocycles. The van der Waals surface area contributed by atoms with E-state index < -0.39 is 0 Å². The van der Waals surface area contributed by atoms with Crippen molar-refractivity contribution in [1.82, 2.24) is 10.2 Å². The molecule has 2 heterocycles. The van der Waals surface area contributed by atoms with Gasteiger partial charge in [0.1, 0.15) is 5.82 Å². The highest BCUT2D eigenvalue weighted by Crippen LogP contribution is 2.19. The number of nitrogens with one attached hydrogen (secondary N) is 1. The predicted molar refractivity (Wildman–Crippen MR) is 91.3 cm³/mol. The van der Waals surface area contributed by atoms with Crippen molar-refractivity contribution in [2.75, 3.05) is 32.8 Å². The maximum Gasteiger partial charge on any atom is 0.227 e. The van der Waals surface area contributed by atoms with E-state index in [1.54, 1.807) is 17.0 Å². The first-order valence-corrected chi connectivity index (χ1v) is 8.99. The van der Waals surface area contributed by atoms with Gasteiger partial charge < -0.3 is 15.0 Å². The summed E-state index contributed by atoms with van der Waals surface area (Å²) in [7, 11) is 0. The molecule has 2 aliphatic heterocycles. The zero-order valence-corrected chi connectivity index (χ0v) is 14.4.